The smallest absolute Gasteiger partial charge is 0.259 e. The highest BCUT2D eigenvalue weighted by molar-refractivity contribution is 9.10. The molecule has 0 saturated heterocycles. The molecule has 0 aliphatic rings. The van der Waals surface area contributed by atoms with Gasteiger partial charge in [-0.1, -0.05) is 22.0 Å². The minimum atomic E-state index is -0.335. The summed E-state index contributed by atoms with van der Waals surface area (Å²) in [5.41, 5.74) is 1.57. The first kappa shape index (κ1) is 19.4. The SMILES string of the molecule is C=CCc1cc(/C=C(\C#N)c2nc3ccc(Br)cc3c(=O)[nH]2)cc(OC)c1O. The average molecular weight is 438 g/mol. The normalized spacial score (nSPS) is 11.2. The number of ether oxygens (including phenoxy) is 1. The molecule has 0 saturated carbocycles. The summed E-state index contributed by atoms with van der Waals surface area (Å²) < 4.78 is 5.97. The number of rotatable bonds is 5. The number of nitrogens with zero attached hydrogens (tertiary/aromatic N) is 2. The largest absolute Gasteiger partial charge is 0.504 e. The third kappa shape index (κ3) is 3.82. The van der Waals surface area contributed by atoms with E-state index in [0.29, 0.717) is 28.5 Å². The van der Waals surface area contributed by atoms with Crippen LogP contribution in [0.4, 0.5) is 0 Å². The number of methoxy groups -OCH3 is 1. The van der Waals surface area contributed by atoms with E-state index < -0.39 is 0 Å². The molecule has 0 atom stereocenters. The van der Waals surface area contributed by atoms with Crippen molar-refractivity contribution in [3.8, 4) is 17.6 Å². The fourth-order valence-electron chi connectivity index (χ4n) is 2.80. The number of phenols is 1. The summed E-state index contributed by atoms with van der Waals surface area (Å²) in [6.45, 7) is 3.68. The minimum Gasteiger partial charge on any atom is -0.504 e. The number of hydrogen-bond acceptors (Lipinski definition) is 5. The van der Waals surface area contributed by atoms with Crippen molar-refractivity contribution in [3.63, 3.8) is 0 Å². The number of halogens is 1. The predicted octanol–water partition coefficient (Wildman–Crippen LogP) is 4.19. The molecule has 2 N–H and O–H groups in total. The molecule has 0 radical (unpaired) electrons. The second-order valence-electron chi connectivity index (χ2n) is 5.97. The van der Waals surface area contributed by atoms with Gasteiger partial charge in [0.1, 0.15) is 6.07 Å². The first-order chi connectivity index (χ1) is 13.5. The molecule has 3 rings (SSSR count). The van der Waals surface area contributed by atoms with Gasteiger partial charge in [-0.15, -0.1) is 6.58 Å². The Labute approximate surface area is 169 Å². The number of allylic oxidation sites excluding steroid dienone is 2. The summed E-state index contributed by atoms with van der Waals surface area (Å²) in [6, 6.07) is 10.6. The van der Waals surface area contributed by atoms with Crippen molar-refractivity contribution in [2.45, 2.75) is 6.42 Å². The topological polar surface area (TPSA) is 99.0 Å². The van der Waals surface area contributed by atoms with Gasteiger partial charge in [0, 0.05) is 10.0 Å². The maximum atomic E-state index is 12.4. The average Bonchev–Trinajstić information content (AvgIpc) is 2.68. The molecule has 0 aliphatic heterocycles. The molecular formula is C21H16BrN3O3. The van der Waals surface area contributed by atoms with Crippen molar-refractivity contribution >= 4 is 38.5 Å². The highest BCUT2D eigenvalue weighted by Gasteiger charge is 2.12. The van der Waals surface area contributed by atoms with Crippen LogP contribution in [0, 0.1) is 11.3 Å². The van der Waals surface area contributed by atoms with Gasteiger partial charge in [-0.2, -0.15) is 5.26 Å². The second kappa shape index (κ2) is 8.11. The first-order valence-electron chi connectivity index (χ1n) is 8.29. The lowest BCUT2D eigenvalue weighted by Gasteiger charge is -2.10. The zero-order chi connectivity index (χ0) is 20.3. The fourth-order valence-corrected chi connectivity index (χ4v) is 3.16. The molecule has 1 aromatic heterocycles. The number of aromatic amines is 1. The van der Waals surface area contributed by atoms with Crippen molar-refractivity contribution in [1.29, 1.82) is 5.26 Å². The Bertz CT molecular complexity index is 1210. The maximum Gasteiger partial charge on any atom is 0.259 e. The van der Waals surface area contributed by atoms with Gasteiger partial charge in [-0.05, 0) is 48.4 Å². The highest BCUT2D eigenvalue weighted by atomic mass is 79.9. The number of phenolic OH excluding ortho intramolecular Hbond substituents is 1. The van der Waals surface area contributed by atoms with Crippen LogP contribution in [0.5, 0.6) is 11.5 Å². The van der Waals surface area contributed by atoms with Crippen molar-refractivity contribution < 1.29 is 9.84 Å². The Hall–Kier alpha value is -3.37. The maximum absolute atomic E-state index is 12.4. The zero-order valence-corrected chi connectivity index (χ0v) is 16.6. The van der Waals surface area contributed by atoms with Gasteiger partial charge in [-0.3, -0.25) is 4.79 Å². The van der Waals surface area contributed by atoms with Gasteiger partial charge in [0.05, 0.1) is 23.6 Å². The lowest BCUT2D eigenvalue weighted by atomic mass is 10.0. The van der Waals surface area contributed by atoms with E-state index in [0.717, 1.165) is 4.47 Å². The van der Waals surface area contributed by atoms with E-state index in [1.54, 1.807) is 42.5 Å². The molecule has 6 nitrogen and oxygen atoms in total. The van der Waals surface area contributed by atoms with E-state index in [-0.39, 0.29) is 28.5 Å². The summed E-state index contributed by atoms with van der Waals surface area (Å²) in [5, 5.41) is 20.3. The van der Waals surface area contributed by atoms with Gasteiger partial charge in [0.15, 0.2) is 17.3 Å². The van der Waals surface area contributed by atoms with Crippen LogP contribution >= 0.6 is 15.9 Å². The summed E-state index contributed by atoms with van der Waals surface area (Å²) in [4.78, 5) is 19.4. The molecule has 3 aromatic rings. The predicted molar refractivity (Wildman–Crippen MR) is 112 cm³/mol. The van der Waals surface area contributed by atoms with Crippen LogP contribution in [-0.4, -0.2) is 22.2 Å². The van der Waals surface area contributed by atoms with Gasteiger partial charge in [0.2, 0.25) is 0 Å². The monoisotopic (exact) mass is 437 g/mol. The van der Waals surface area contributed by atoms with Crippen LogP contribution in [0.2, 0.25) is 0 Å². The van der Waals surface area contributed by atoms with E-state index in [1.165, 1.54) is 7.11 Å². The number of aromatic hydroxyl groups is 1. The molecule has 0 unspecified atom stereocenters. The number of benzene rings is 2. The molecule has 28 heavy (non-hydrogen) atoms. The Morgan fingerprint density at radius 2 is 2.21 bits per heavy atom. The van der Waals surface area contributed by atoms with Gasteiger partial charge < -0.3 is 14.8 Å². The van der Waals surface area contributed by atoms with Crippen molar-refractivity contribution in [1.82, 2.24) is 9.97 Å². The Balaban J connectivity index is 2.15. The summed E-state index contributed by atoms with van der Waals surface area (Å²) >= 11 is 3.33. The van der Waals surface area contributed by atoms with E-state index in [1.807, 2.05) is 0 Å². The van der Waals surface area contributed by atoms with E-state index >= 15 is 0 Å². The third-order valence-corrected chi connectivity index (χ3v) is 4.61. The number of aromatic nitrogens is 2. The number of H-pyrrole nitrogens is 1. The van der Waals surface area contributed by atoms with Gasteiger partial charge in [-0.25, -0.2) is 4.98 Å². The summed E-state index contributed by atoms with van der Waals surface area (Å²) in [6.07, 6.45) is 3.68. The van der Waals surface area contributed by atoms with Crippen LogP contribution in [0.25, 0.3) is 22.6 Å². The van der Waals surface area contributed by atoms with Crippen LogP contribution in [0.3, 0.4) is 0 Å². The Kier molecular flexibility index (Phi) is 5.62. The molecule has 140 valence electrons. The van der Waals surface area contributed by atoms with E-state index in [4.69, 9.17) is 4.74 Å². The number of nitriles is 1. The minimum absolute atomic E-state index is 0.0286. The molecule has 0 aliphatic carbocycles. The molecule has 1 heterocycles. The molecule has 7 heteroatoms. The van der Waals surface area contributed by atoms with Crippen molar-refractivity contribution in [2.75, 3.05) is 7.11 Å². The molecule has 2 aromatic carbocycles. The fraction of sp³-hybridized carbons (Fsp3) is 0.0952. The number of nitrogens with one attached hydrogen (secondary N) is 1. The van der Waals surface area contributed by atoms with Crippen LogP contribution < -0.4 is 10.3 Å². The third-order valence-electron chi connectivity index (χ3n) is 4.11. The Morgan fingerprint density at radius 3 is 2.89 bits per heavy atom. The van der Waals surface area contributed by atoms with Crippen LogP contribution in [0.1, 0.15) is 17.0 Å². The van der Waals surface area contributed by atoms with Crippen molar-refractivity contribution in [3.05, 3.63) is 74.8 Å². The van der Waals surface area contributed by atoms with Crippen LogP contribution in [-0.2, 0) is 6.42 Å². The number of fused-ring (bicyclic) bond motifs is 1. The molecule has 0 amide bonds. The van der Waals surface area contributed by atoms with Crippen LogP contribution in [0.15, 0.2) is 52.3 Å². The molecule has 0 fully saturated rings. The summed E-state index contributed by atoms with van der Waals surface area (Å²) in [7, 11) is 1.45. The second-order valence-corrected chi connectivity index (χ2v) is 6.89. The molecular weight excluding hydrogens is 422 g/mol. The van der Waals surface area contributed by atoms with Crippen molar-refractivity contribution in [2.24, 2.45) is 0 Å². The van der Waals surface area contributed by atoms with E-state index in [2.05, 4.69) is 38.5 Å². The lowest BCUT2D eigenvalue weighted by molar-refractivity contribution is 0.371. The standard InChI is InChI=1S/C21H16BrN3O3/c1-3-4-13-7-12(9-18(28-2)19(13)26)8-14(11-23)20-24-17-6-5-15(22)10-16(17)21(27)25-20/h3,5-10,26H,1,4H2,2H3,(H,24,25,27)/b14-8+. The highest BCUT2D eigenvalue weighted by Crippen LogP contribution is 2.33. The molecule has 0 spiro atoms. The molecule has 0 bridgehead atoms. The quantitative estimate of drug-likeness (QED) is 0.460. The lowest BCUT2D eigenvalue weighted by Crippen LogP contribution is -2.11. The number of hydrogen-bond donors (Lipinski definition) is 2. The zero-order valence-electron chi connectivity index (χ0n) is 15.0. The van der Waals surface area contributed by atoms with Gasteiger partial charge >= 0.3 is 0 Å². The van der Waals surface area contributed by atoms with E-state index in [9.17, 15) is 15.2 Å². The summed E-state index contributed by atoms with van der Waals surface area (Å²) in [5.74, 6) is 0.480. The van der Waals surface area contributed by atoms with Gasteiger partial charge in [0.25, 0.3) is 5.56 Å². The first-order valence-corrected chi connectivity index (χ1v) is 9.08. The Morgan fingerprint density at radius 1 is 1.43 bits per heavy atom.